The van der Waals surface area contributed by atoms with Gasteiger partial charge in [0.15, 0.2) is 0 Å². The topological polar surface area (TPSA) is 85.8 Å². The molecule has 2 N–H and O–H groups in total. The Hall–Kier alpha value is -2.77. The number of aromatic nitrogens is 1. The standard InChI is InChI=1S/C31H42N4O3/c1-2-3-18-35-29(37)27(28(36)25-12-8-5-9-13-25)33-30(38)31(35)16-19-34(20-17-31)22-23-14-15-26(32-21-23)24-10-6-4-7-11-24/h4,6-7,10-11,14-15,21,25,27-28,36H,2-3,5,8-9,12-13,16-20,22H2,1H3,(H,33,38)/t27-,28-/m1/s1. The van der Waals surface area contributed by atoms with E-state index in [0.29, 0.717) is 19.4 Å². The van der Waals surface area contributed by atoms with Crippen molar-refractivity contribution >= 4 is 11.8 Å². The quantitative estimate of drug-likeness (QED) is 0.548. The lowest BCUT2D eigenvalue weighted by Crippen LogP contribution is -2.75. The van der Waals surface area contributed by atoms with E-state index in [1.165, 1.54) is 6.42 Å². The third-order valence-corrected chi connectivity index (χ3v) is 8.95. The number of unbranched alkanes of at least 4 members (excludes halogenated alkanes) is 1. The van der Waals surface area contributed by atoms with Crippen LogP contribution in [0.3, 0.4) is 0 Å². The minimum Gasteiger partial charge on any atom is -0.390 e. The zero-order valence-electron chi connectivity index (χ0n) is 22.6. The maximum absolute atomic E-state index is 13.8. The lowest BCUT2D eigenvalue weighted by Gasteiger charge is -2.52. The molecule has 1 aromatic heterocycles. The van der Waals surface area contributed by atoms with Gasteiger partial charge in [-0.15, -0.1) is 0 Å². The number of piperazine rings is 1. The Balaban J connectivity index is 1.25. The number of piperidine rings is 1. The molecule has 1 spiro atoms. The minimum absolute atomic E-state index is 0.0819. The van der Waals surface area contributed by atoms with Gasteiger partial charge in [-0.2, -0.15) is 0 Å². The first kappa shape index (κ1) is 26.8. The van der Waals surface area contributed by atoms with Crippen molar-refractivity contribution in [3.63, 3.8) is 0 Å². The molecule has 2 aliphatic heterocycles. The van der Waals surface area contributed by atoms with Gasteiger partial charge in [0.2, 0.25) is 11.8 Å². The number of aliphatic hydroxyl groups is 1. The second-order valence-electron chi connectivity index (χ2n) is 11.4. The highest BCUT2D eigenvalue weighted by molar-refractivity contribution is 6.00. The molecule has 2 amide bonds. The first-order valence-electron chi connectivity index (χ1n) is 14.5. The number of hydrogen-bond acceptors (Lipinski definition) is 5. The van der Waals surface area contributed by atoms with Gasteiger partial charge < -0.3 is 15.3 Å². The number of pyridine rings is 1. The highest BCUT2D eigenvalue weighted by atomic mass is 16.3. The molecule has 1 aliphatic carbocycles. The molecule has 2 saturated heterocycles. The van der Waals surface area contributed by atoms with Crippen molar-refractivity contribution < 1.29 is 14.7 Å². The number of hydrogen-bond donors (Lipinski definition) is 2. The minimum atomic E-state index is -0.819. The van der Waals surface area contributed by atoms with Crippen LogP contribution in [-0.4, -0.2) is 69.0 Å². The fourth-order valence-corrected chi connectivity index (χ4v) is 6.59. The van der Waals surface area contributed by atoms with Gasteiger partial charge in [-0.05, 0) is 49.7 Å². The summed E-state index contributed by atoms with van der Waals surface area (Å²) < 4.78 is 0. The number of rotatable bonds is 8. The predicted octanol–water partition coefficient (Wildman–Crippen LogP) is 4.15. The Kier molecular flexibility index (Phi) is 8.44. The third kappa shape index (κ3) is 5.50. The van der Waals surface area contributed by atoms with E-state index in [1.807, 2.05) is 29.3 Å². The van der Waals surface area contributed by atoms with Crippen LogP contribution in [0.4, 0.5) is 0 Å². The Morgan fingerprint density at radius 2 is 1.79 bits per heavy atom. The number of amides is 2. The molecular formula is C31H42N4O3. The van der Waals surface area contributed by atoms with Crippen LogP contribution in [0.5, 0.6) is 0 Å². The van der Waals surface area contributed by atoms with Crippen molar-refractivity contribution in [2.75, 3.05) is 19.6 Å². The number of likely N-dealkylation sites (tertiary alicyclic amines) is 1. The number of nitrogens with one attached hydrogen (secondary N) is 1. The van der Waals surface area contributed by atoms with Gasteiger partial charge >= 0.3 is 0 Å². The van der Waals surface area contributed by atoms with Gasteiger partial charge in [0.05, 0.1) is 11.8 Å². The molecule has 1 saturated carbocycles. The highest BCUT2D eigenvalue weighted by Crippen LogP contribution is 2.36. The Morgan fingerprint density at radius 3 is 2.45 bits per heavy atom. The van der Waals surface area contributed by atoms with Crippen LogP contribution in [0.25, 0.3) is 11.3 Å². The molecule has 7 heteroatoms. The lowest BCUT2D eigenvalue weighted by molar-refractivity contribution is -0.166. The van der Waals surface area contributed by atoms with E-state index in [-0.39, 0.29) is 17.7 Å². The van der Waals surface area contributed by atoms with Crippen molar-refractivity contribution in [3.8, 4) is 11.3 Å². The maximum atomic E-state index is 13.8. The largest absolute Gasteiger partial charge is 0.390 e. The van der Waals surface area contributed by atoms with Gasteiger partial charge in [0, 0.05) is 37.9 Å². The molecule has 0 bridgehead atoms. The van der Waals surface area contributed by atoms with E-state index >= 15 is 0 Å². The van der Waals surface area contributed by atoms with Gasteiger partial charge in [-0.1, -0.05) is 69.0 Å². The number of carbonyl (C=O) groups is 2. The van der Waals surface area contributed by atoms with E-state index in [2.05, 4.69) is 46.4 Å². The summed E-state index contributed by atoms with van der Waals surface area (Å²) in [5, 5.41) is 14.1. The molecule has 1 aromatic carbocycles. The summed E-state index contributed by atoms with van der Waals surface area (Å²) in [6.07, 6.45) is 9.37. The summed E-state index contributed by atoms with van der Waals surface area (Å²) in [4.78, 5) is 36.3. The van der Waals surface area contributed by atoms with Crippen LogP contribution < -0.4 is 5.32 Å². The Morgan fingerprint density at radius 1 is 1.05 bits per heavy atom. The van der Waals surface area contributed by atoms with Crippen LogP contribution in [0.2, 0.25) is 0 Å². The van der Waals surface area contributed by atoms with Gasteiger partial charge in [0.25, 0.3) is 0 Å². The summed E-state index contributed by atoms with van der Waals surface area (Å²) in [5.41, 5.74) is 2.39. The monoisotopic (exact) mass is 518 g/mol. The smallest absolute Gasteiger partial charge is 0.248 e. The summed E-state index contributed by atoms with van der Waals surface area (Å²) in [6.45, 7) is 4.92. The Labute approximate surface area is 226 Å². The fourth-order valence-electron chi connectivity index (χ4n) is 6.59. The second kappa shape index (κ2) is 12.0. The van der Waals surface area contributed by atoms with Crippen molar-refractivity contribution in [1.82, 2.24) is 20.1 Å². The van der Waals surface area contributed by atoms with Crippen molar-refractivity contribution in [2.24, 2.45) is 5.92 Å². The highest BCUT2D eigenvalue weighted by Gasteiger charge is 2.55. The average molecular weight is 519 g/mol. The van der Waals surface area contributed by atoms with E-state index in [4.69, 9.17) is 0 Å². The van der Waals surface area contributed by atoms with E-state index in [1.54, 1.807) is 0 Å². The molecule has 7 nitrogen and oxygen atoms in total. The first-order chi connectivity index (χ1) is 18.5. The molecule has 2 aromatic rings. The summed E-state index contributed by atoms with van der Waals surface area (Å²) >= 11 is 0. The fraction of sp³-hybridized carbons (Fsp3) is 0.581. The van der Waals surface area contributed by atoms with E-state index in [0.717, 1.165) is 75.0 Å². The number of aliphatic hydroxyl groups excluding tert-OH is 1. The zero-order chi connectivity index (χ0) is 26.5. The molecule has 3 fully saturated rings. The molecule has 0 radical (unpaired) electrons. The number of nitrogens with zero attached hydrogens (tertiary/aromatic N) is 3. The molecule has 5 rings (SSSR count). The van der Waals surface area contributed by atoms with Crippen LogP contribution in [0.1, 0.15) is 70.3 Å². The predicted molar refractivity (Wildman–Crippen MR) is 148 cm³/mol. The van der Waals surface area contributed by atoms with E-state index < -0.39 is 17.7 Å². The summed E-state index contributed by atoms with van der Waals surface area (Å²) in [7, 11) is 0. The van der Waals surface area contributed by atoms with Gasteiger partial charge in [-0.3, -0.25) is 19.5 Å². The normalized spacial score (nSPS) is 23.4. The molecule has 0 unspecified atom stereocenters. The number of carbonyl (C=O) groups excluding carboxylic acids is 2. The van der Waals surface area contributed by atoms with Gasteiger partial charge in [-0.25, -0.2) is 0 Å². The average Bonchev–Trinajstić information content (AvgIpc) is 2.97. The second-order valence-corrected chi connectivity index (χ2v) is 11.4. The third-order valence-electron chi connectivity index (χ3n) is 8.95. The molecular weight excluding hydrogens is 476 g/mol. The molecule has 3 heterocycles. The maximum Gasteiger partial charge on any atom is 0.248 e. The molecule has 2 atom stereocenters. The molecule has 38 heavy (non-hydrogen) atoms. The Bertz CT molecular complexity index is 1080. The summed E-state index contributed by atoms with van der Waals surface area (Å²) in [6, 6.07) is 13.5. The molecule has 204 valence electrons. The van der Waals surface area contributed by atoms with Crippen molar-refractivity contribution in [2.45, 2.75) is 88.9 Å². The lowest BCUT2D eigenvalue weighted by atomic mass is 9.78. The van der Waals surface area contributed by atoms with Crippen molar-refractivity contribution in [1.29, 1.82) is 0 Å². The van der Waals surface area contributed by atoms with Crippen LogP contribution in [-0.2, 0) is 16.1 Å². The van der Waals surface area contributed by atoms with Gasteiger partial charge in [0.1, 0.15) is 11.6 Å². The number of benzene rings is 1. The SMILES string of the molecule is CCCCN1C(=O)[C@@H]([C@H](O)C2CCCCC2)NC(=O)C12CCN(Cc1ccc(-c3ccccc3)nc1)CC2. The zero-order valence-corrected chi connectivity index (χ0v) is 22.6. The first-order valence-corrected chi connectivity index (χ1v) is 14.5. The van der Waals surface area contributed by atoms with Crippen LogP contribution in [0.15, 0.2) is 48.7 Å². The molecule has 3 aliphatic rings. The van der Waals surface area contributed by atoms with Crippen LogP contribution in [0, 0.1) is 5.92 Å². The van der Waals surface area contributed by atoms with E-state index in [9.17, 15) is 14.7 Å². The van der Waals surface area contributed by atoms with Crippen LogP contribution >= 0.6 is 0 Å². The van der Waals surface area contributed by atoms with Crippen molar-refractivity contribution in [3.05, 3.63) is 54.2 Å². The summed E-state index contributed by atoms with van der Waals surface area (Å²) in [5.74, 6) is -0.0873.